The van der Waals surface area contributed by atoms with Gasteiger partial charge in [-0.05, 0) is 61.6 Å². The Morgan fingerprint density at radius 3 is 2.34 bits per heavy atom. The summed E-state index contributed by atoms with van der Waals surface area (Å²) in [4.78, 5) is 28.7. The van der Waals surface area contributed by atoms with Crippen LogP contribution in [0.1, 0.15) is 45.1 Å². The number of aryl methyl sites for hydroxylation is 1. The van der Waals surface area contributed by atoms with E-state index in [0.29, 0.717) is 6.54 Å². The molecule has 2 aromatic carbocycles. The molecule has 5 heteroatoms. The lowest BCUT2D eigenvalue weighted by Gasteiger charge is -2.28. The first-order valence-corrected chi connectivity index (χ1v) is 10.6. The number of carbonyl (C=O) groups is 2. The molecule has 0 bridgehead atoms. The molecule has 1 heterocycles. The molecule has 1 aliphatic rings. The molecule has 0 spiro atoms. The van der Waals surface area contributed by atoms with Gasteiger partial charge in [0.25, 0.3) is 0 Å². The van der Waals surface area contributed by atoms with Gasteiger partial charge in [0.05, 0.1) is 0 Å². The number of anilines is 3. The summed E-state index contributed by atoms with van der Waals surface area (Å²) in [6.45, 7) is 6.18. The van der Waals surface area contributed by atoms with Gasteiger partial charge in [0.2, 0.25) is 11.8 Å². The summed E-state index contributed by atoms with van der Waals surface area (Å²) in [6.07, 6.45) is 4.89. The Kier molecular flexibility index (Phi) is 7.28. The van der Waals surface area contributed by atoms with Crippen LogP contribution in [0.25, 0.3) is 0 Å². The first-order chi connectivity index (χ1) is 14.1. The van der Waals surface area contributed by atoms with Crippen LogP contribution >= 0.6 is 0 Å². The van der Waals surface area contributed by atoms with Crippen molar-refractivity contribution in [3.05, 3.63) is 54.1 Å². The highest BCUT2D eigenvalue weighted by Crippen LogP contribution is 2.23. The predicted octanol–water partition coefficient (Wildman–Crippen LogP) is 4.62. The first-order valence-electron chi connectivity index (χ1n) is 10.6. The second-order valence-electron chi connectivity index (χ2n) is 7.55. The van der Waals surface area contributed by atoms with E-state index in [4.69, 9.17) is 0 Å². The third kappa shape index (κ3) is 5.59. The van der Waals surface area contributed by atoms with Crippen molar-refractivity contribution in [1.82, 2.24) is 0 Å². The van der Waals surface area contributed by atoms with Gasteiger partial charge in [0, 0.05) is 50.0 Å². The third-order valence-electron chi connectivity index (χ3n) is 5.48. The van der Waals surface area contributed by atoms with Crippen molar-refractivity contribution in [2.24, 2.45) is 0 Å². The van der Waals surface area contributed by atoms with Crippen LogP contribution in [0.15, 0.2) is 48.5 Å². The SMILES string of the molecule is CCc1ccccc1N(CCC(=O)Nc1ccc(N2CCCCC2)cc1)C(C)=O. The van der Waals surface area contributed by atoms with E-state index in [-0.39, 0.29) is 18.2 Å². The molecule has 2 amide bonds. The van der Waals surface area contributed by atoms with Crippen LogP contribution in [-0.2, 0) is 16.0 Å². The Morgan fingerprint density at radius 2 is 1.69 bits per heavy atom. The van der Waals surface area contributed by atoms with Crippen LogP contribution in [0.4, 0.5) is 17.1 Å². The maximum absolute atomic E-state index is 12.5. The topological polar surface area (TPSA) is 52.7 Å². The minimum Gasteiger partial charge on any atom is -0.372 e. The summed E-state index contributed by atoms with van der Waals surface area (Å²) >= 11 is 0. The number of carbonyl (C=O) groups excluding carboxylic acids is 2. The summed E-state index contributed by atoms with van der Waals surface area (Å²) in [5.74, 6) is -0.138. The lowest BCUT2D eigenvalue weighted by atomic mass is 10.1. The van der Waals surface area contributed by atoms with Gasteiger partial charge >= 0.3 is 0 Å². The monoisotopic (exact) mass is 393 g/mol. The van der Waals surface area contributed by atoms with E-state index in [1.807, 2.05) is 36.4 Å². The molecule has 5 nitrogen and oxygen atoms in total. The highest BCUT2D eigenvalue weighted by Gasteiger charge is 2.16. The number of hydrogen-bond acceptors (Lipinski definition) is 3. The van der Waals surface area contributed by atoms with Crippen molar-refractivity contribution >= 4 is 28.9 Å². The molecule has 1 fully saturated rings. The highest BCUT2D eigenvalue weighted by atomic mass is 16.2. The molecule has 154 valence electrons. The van der Waals surface area contributed by atoms with Crippen LogP contribution in [0.5, 0.6) is 0 Å². The van der Waals surface area contributed by atoms with E-state index >= 15 is 0 Å². The third-order valence-corrected chi connectivity index (χ3v) is 5.48. The molecule has 0 unspecified atom stereocenters. The van der Waals surface area contributed by atoms with E-state index < -0.39 is 0 Å². The Bertz CT molecular complexity index is 826. The maximum atomic E-state index is 12.5. The van der Waals surface area contributed by atoms with Crippen LogP contribution in [-0.4, -0.2) is 31.4 Å². The first kappa shape index (κ1) is 20.9. The van der Waals surface area contributed by atoms with Gasteiger partial charge in [-0.15, -0.1) is 0 Å². The molecule has 2 aromatic rings. The quantitative estimate of drug-likeness (QED) is 0.747. The summed E-state index contributed by atoms with van der Waals surface area (Å²) in [5, 5.41) is 2.95. The number of piperidine rings is 1. The number of amides is 2. The average Bonchev–Trinajstić information content (AvgIpc) is 2.75. The minimum absolute atomic E-state index is 0.0513. The predicted molar refractivity (Wildman–Crippen MR) is 120 cm³/mol. The zero-order valence-electron chi connectivity index (χ0n) is 17.5. The smallest absolute Gasteiger partial charge is 0.226 e. The molecule has 0 saturated carbocycles. The lowest BCUT2D eigenvalue weighted by Crippen LogP contribution is -2.32. The van der Waals surface area contributed by atoms with Crippen molar-refractivity contribution < 1.29 is 9.59 Å². The number of hydrogen-bond donors (Lipinski definition) is 1. The number of benzene rings is 2. The van der Waals surface area contributed by atoms with Gasteiger partial charge in [-0.3, -0.25) is 9.59 Å². The van der Waals surface area contributed by atoms with Gasteiger partial charge < -0.3 is 15.1 Å². The van der Waals surface area contributed by atoms with Crippen molar-refractivity contribution in [3.8, 4) is 0 Å². The van der Waals surface area contributed by atoms with Gasteiger partial charge in [0.1, 0.15) is 0 Å². The van der Waals surface area contributed by atoms with Crippen LogP contribution < -0.4 is 15.1 Å². The Morgan fingerprint density at radius 1 is 1.00 bits per heavy atom. The van der Waals surface area contributed by atoms with Crippen molar-refractivity contribution in [1.29, 1.82) is 0 Å². The van der Waals surface area contributed by atoms with Gasteiger partial charge in [0.15, 0.2) is 0 Å². The number of para-hydroxylation sites is 1. The standard InChI is InChI=1S/C24H31N3O2/c1-3-20-9-5-6-10-23(20)27(19(2)28)18-15-24(29)25-21-11-13-22(14-12-21)26-16-7-4-8-17-26/h5-6,9-14H,3-4,7-8,15-18H2,1-2H3,(H,25,29). The molecular formula is C24H31N3O2. The van der Waals surface area contributed by atoms with Crippen molar-refractivity contribution in [2.45, 2.75) is 46.0 Å². The minimum atomic E-state index is -0.0871. The van der Waals surface area contributed by atoms with E-state index in [2.05, 4.69) is 29.3 Å². The van der Waals surface area contributed by atoms with Gasteiger partial charge in [-0.2, -0.15) is 0 Å². The molecule has 3 rings (SSSR count). The molecule has 0 aliphatic carbocycles. The molecule has 1 saturated heterocycles. The second-order valence-corrected chi connectivity index (χ2v) is 7.55. The van der Waals surface area contributed by atoms with Crippen LogP contribution in [0, 0.1) is 0 Å². The molecule has 29 heavy (non-hydrogen) atoms. The molecule has 1 N–H and O–H groups in total. The Balaban J connectivity index is 1.57. The molecular weight excluding hydrogens is 362 g/mol. The van der Waals surface area contributed by atoms with Crippen molar-refractivity contribution in [3.63, 3.8) is 0 Å². The van der Waals surface area contributed by atoms with Crippen molar-refractivity contribution in [2.75, 3.05) is 34.8 Å². The maximum Gasteiger partial charge on any atom is 0.226 e. The Hall–Kier alpha value is -2.82. The molecule has 0 atom stereocenters. The van der Waals surface area contributed by atoms with E-state index in [1.54, 1.807) is 11.8 Å². The number of nitrogens with one attached hydrogen (secondary N) is 1. The molecule has 0 radical (unpaired) electrons. The zero-order chi connectivity index (χ0) is 20.6. The fourth-order valence-electron chi connectivity index (χ4n) is 3.87. The lowest BCUT2D eigenvalue weighted by molar-refractivity contribution is -0.117. The highest BCUT2D eigenvalue weighted by molar-refractivity contribution is 5.95. The largest absolute Gasteiger partial charge is 0.372 e. The van der Waals surface area contributed by atoms with Gasteiger partial charge in [-0.25, -0.2) is 0 Å². The fourth-order valence-corrected chi connectivity index (χ4v) is 3.87. The summed E-state index contributed by atoms with van der Waals surface area (Å²) in [6, 6.07) is 15.9. The molecule has 1 aliphatic heterocycles. The van der Waals surface area contributed by atoms with E-state index in [1.165, 1.54) is 24.9 Å². The van der Waals surface area contributed by atoms with Crippen LogP contribution in [0.3, 0.4) is 0 Å². The van der Waals surface area contributed by atoms with Crippen LogP contribution in [0.2, 0.25) is 0 Å². The Labute approximate surface area is 173 Å². The second kappa shape index (κ2) is 10.1. The molecule has 0 aromatic heterocycles. The summed E-state index contributed by atoms with van der Waals surface area (Å²) in [5.41, 5.74) is 4.00. The summed E-state index contributed by atoms with van der Waals surface area (Å²) < 4.78 is 0. The zero-order valence-corrected chi connectivity index (χ0v) is 17.5. The van der Waals surface area contributed by atoms with Gasteiger partial charge in [-0.1, -0.05) is 25.1 Å². The fraction of sp³-hybridized carbons (Fsp3) is 0.417. The van der Waals surface area contributed by atoms with E-state index in [0.717, 1.165) is 36.4 Å². The average molecular weight is 394 g/mol. The number of nitrogens with zero attached hydrogens (tertiary/aromatic N) is 2. The number of rotatable bonds is 7. The normalized spacial score (nSPS) is 13.8. The van der Waals surface area contributed by atoms with E-state index in [9.17, 15) is 9.59 Å². The summed E-state index contributed by atoms with van der Waals surface area (Å²) in [7, 11) is 0.